The van der Waals surface area contributed by atoms with Crippen LogP contribution in [-0.4, -0.2) is 11.0 Å². The molecule has 1 amide bonds. The molecule has 0 radical (unpaired) electrons. The summed E-state index contributed by atoms with van der Waals surface area (Å²) in [6, 6.07) is 7.85. The Balaban J connectivity index is 2.42. The number of nitrogens with one attached hydrogen (secondary N) is 2. The fraction of sp³-hybridized carbons (Fsp3) is 0.429. The zero-order valence-electron chi connectivity index (χ0n) is 11.1. The predicted molar refractivity (Wildman–Crippen MR) is 79.6 cm³/mol. The summed E-state index contributed by atoms with van der Waals surface area (Å²) in [6.45, 7) is 6.15. The van der Waals surface area contributed by atoms with Gasteiger partial charge in [-0.1, -0.05) is 38.0 Å². The molecule has 1 rings (SSSR count). The van der Waals surface area contributed by atoms with E-state index >= 15 is 0 Å². The zero-order chi connectivity index (χ0) is 13.5. The summed E-state index contributed by atoms with van der Waals surface area (Å²) in [5, 5.41) is 6.03. The third kappa shape index (κ3) is 5.27. The molecular formula is C14H20N2OS. The van der Waals surface area contributed by atoms with Crippen LogP contribution >= 0.6 is 12.2 Å². The van der Waals surface area contributed by atoms with E-state index in [1.165, 1.54) is 5.56 Å². The number of rotatable bonds is 4. The molecule has 1 atom stereocenters. The van der Waals surface area contributed by atoms with E-state index in [2.05, 4.69) is 24.5 Å². The fourth-order valence-corrected chi connectivity index (χ4v) is 1.67. The van der Waals surface area contributed by atoms with Crippen molar-refractivity contribution >= 4 is 28.9 Å². The Labute approximate surface area is 114 Å². The molecule has 0 aliphatic rings. The molecule has 0 aliphatic heterocycles. The van der Waals surface area contributed by atoms with Crippen LogP contribution in [-0.2, 0) is 4.79 Å². The van der Waals surface area contributed by atoms with Crippen molar-refractivity contribution in [3.63, 3.8) is 0 Å². The summed E-state index contributed by atoms with van der Waals surface area (Å²) in [5.41, 5.74) is 2.07. The molecule has 3 nitrogen and oxygen atoms in total. The van der Waals surface area contributed by atoms with E-state index in [-0.39, 0.29) is 5.91 Å². The minimum atomic E-state index is -0.0334. The Morgan fingerprint density at radius 3 is 2.50 bits per heavy atom. The Bertz CT molecular complexity index is 414. The number of thiocarbonyl (C=S) groups is 1. The average Bonchev–Trinajstić information content (AvgIpc) is 2.31. The van der Waals surface area contributed by atoms with E-state index in [0.717, 1.165) is 12.1 Å². The van der Waals surface area contributed by atoms with Gasteiger partial charge in [0.25, 0.3) is 0 Å². The van der Waals surface area contributed by atoms with Crippen LogP contribution in [0.3, 0.4) is 0 Å². The van der Waals surface area contributed by atoms with E-state index in [1.807, 2.05) is 31.2 Å². The van der Waals surface area contributed by atoms with Crippen molar-refractivity contribution in [3.8, 4) is 0 Å². The van der Waals surface area contributed by atoms with Gasteiger partial charge >= 0.3 is 0 Å². The Kier molecular flexibility index (Phi) is 5.78. The average molecular weight is 264 g/mol. The third-order valence-corrected chi connectivity index (χ3v) is 3.00. The first-order chi connectivity index (χ1) is 8.51. The first kappa shape index (κ1) is 14.6. The molecule has 0 saturated heterocycles. The van der Waals surface area contributed by atoms with Crippen molar-refractivity contribution in [2.24, 2.45) is 5.92 Å². The molecule has 0 unspecified atom stereocenters. The van der Waals surface area contributed by atoms with Crippen molar-refractivity contribution in [2.45, 2.75) is 33.6 Å². The van der Waals surface area contributed by atoms with Crippen molar-refractivity contribution in [2.75, 3.05) is 5.32 Å². The molecule has 4 heteroatoms. The standard InChI is InChI=1S/C14H20N2OS/c1-4-10(2)9-13(17)16-14(18)15-12-7-5-11(3)6-8-12/h5-8,10H,4,9H2,1-3H3,(H2,15,16,17,18)/t10-/m0/s1. The summed E-state index contributed by atoms with van der Waals surface area (Å²) in [5.74, 6) is 0.348. The summed E-state index contributed by atoms with van der Waals surface area (Å²) in [7, 11) is 0. The van der Waals surface area contributed by atoms with E-state index in [4.69, 9.17) is 12.2 Å². The highest BCUT2D eigenvalue weighted by Crippen LogP contribution is 2.09. The van der Waals surface area contributed by atoms with E-state index in [1.54, 1.807) is 0 Å². The molecule has 98 valence electrons. The molecule has 0 aliphatic carbocycles. The number of hydrogen-bond donors (Lipinski definition) is 2. The third-order valence-electron chi connectivity index (χ3n) is 2.79. The minimum Gasteiger partial charge on any atom is -0.332 e. The van der Waals surface area contributed by atoms with Crippen molar-refractivity contribution in [1.82, 2.24) is 5.32 Å². The zero-order valence-corrected chi connectivity index (χ0v) is 11.9. The van der Waals surface area contributed by atoms with Gasteiger partial charge in [0.05, 0.1) is 0 Å². The summed E-state index contributed by atoms with van der Waals surface area (Å²) < 4.78 is 0. The Morgan fingerprint density at radius 1 is 1.33 bits per heavy atom. The number of amides is 1. The SMILES string of the molecule is CC[C@H](C)CC(=O)NC(=S)Nc1ccc(C)cc1. The van der Waals surface area contributed by atoms with Gasteiger partial charge in [-0.3, -0.25) is 4.79 Å². The van der Waals surface area contributed by atoms with Crippen molar-refractivity contribution in [3.05, 3.63) is 29.8 Å². The van der Waals surface area contributed by atoms with Crippen LogP contribution in [0.15, 0.2) is 24.3 Å². The van der Waals surface area contributed by atoms with E-state index in [9.17, 15) is 4.79 Å². The monoisotopic (exact) mass is 264 g/mol. The molecule has 0 saturated carbocycles. The molecular weight excluding hydrogens is 244 g/mol. The molecule has 1 aromatic rings. The van der Waals surface area contributed by atoms with Gasteiger partial charge in [-0.2, -0.15) is 0 Å². The smallest absolute Gasteiger partial charge is 0.226 e. The number of anilines is 1. The van der Waals surface area contributed by atoms with Crippen LogP contribution in [0.2, 0.25) is 0 Å². The van der Waals surface area contributed by atoms with Gasteiger partial charge in [0.2, 0.25) is 5.91 Å². The highest BCUT2D eigenvalue weighted by atomic mass is 32.1. The van der Waals surface area contributed by atoms with Gasteiger partial charge in [-0.05, 0) is 37.2 Å². The largest absolute Gasteiger partial charge is 0.332 e. The van der Waals surface area contributed by atoms with Crippen molar-refractivity contribution < 1.29 is 4.79 Å². The maximum Gasteiger partial charge on any atom is 0.226 e. The normalized spacial score (nSPS) is 11.7. The van der Waals surface area contributed by atoms with E-state index in [0.29, 0.717) is 17.5 Å². The maximum absolute atomic E-state index is 11.6. The number of aryl methyl sites for hydroxylation is 1. The second-order valence-electron chi connectivity index (χ2n) is 4.59. The van der Waals surface area contributed by atoms with Crippen molar-refractivity contribution in [1.29, 1.82) is 0 Å². The van der Waals surface area contributed by atoms with E-state index < -0.39 is 0 Å². The first-order valence-corrected chi connectivity index (χ1v) is 6.59. The number of hydrogen-bond acceptors (Lipinski definition) is 2. The van der Waals surface area contributed by atoms with Crippen LogP contribution in [0.4, 0.5) is 5.69 Å². The highest BCUT2D eigenvalue weighted by Gasteiger charge is 2.08. The lowest BCUT2D eigenvalue weighted by molar-refractivity contribution is -0.120. The second kappa shape index (κ2) is 7.11. The Hall–Kier alpha value is -1.42. The molecule has 0 aromatic heterocycles. The topological polar surface area (TPSA) is 41.1 Å². The van der Waals surface area contributed by atoms with Crippen LogP contribution in [0, 0.1) is 12.8 Å². The maximum atomic E-state index is 11.6. The summed E-state index contributed by atoms with van der Waals surface area (Å²) >= 11 is 5.09. The predicted octanol–water partition coefficient (Wildman–Crippen LogP) is 3.24. The van der Waals surface area contributed by atoms with Gasteiger partial charge in [0.15, 0.2) is 5.11 Å². The summed E-state index contributed by atoms with van der Waals surface area (Å²) in [6.07, 6.45) is 1.50. The number of carbonyl (C=O) groups excluding carboxylic acids is 1. The van der Waals surface area contributed by atoms with Gasteiger partial charge < -0.3 is 10.6 Å². The van der Waals surface area contributed by atoms with Gasteiger partial charge in [0, 0.05) is 12.1 Å². The first-order valence-electron chi connectivity index (χ1n) is 6.18. The highest BCUT2D eigenvalue weighted by molar-refractivity contribution is 7.80. The van der Waals surface area contributed by atoms with Gasteiger partial charge in [0.1, 0.15) is 0 Å². The lowest BCUT2D eigenvalue weighted by atomic mass is 10.1. The molecule has 0 fully saturated rings. The fourth-order valence-electron chi connectivity index (χ4n) is 1.44. The number of benzene rings is 1. The van der Waals surface area contributed by atoms with Gasteiger partial charge in [-0.25, -0.2) is 0 Å². The Morgan fingerprint density at radius 2 is 1.94 bits per heavy atom. The van der Waals surface area contributed by atoms with Crippen LogP contribution in [0.25, 0.3) is 0 Å². The molecule has 0 bridgehead atoms. The minimum absolute atomic E-state index is 0.0334. The lowest BCUT2D eigenvalue weighted by Gasteiger charge is -2.11. The summed E-state index contributed by atoms with van der Waals surface area (Å²) in [4.78, 5) is 11.6. The lowest BCUT2D eigenvalue weighted by Crippen LogP contribution is -2.34. The second-order valence-corrected chi connectivity index (χ2v) is 4.99. The molecule has 1 aromatic carbocycles. The molecule has 0 spiro atoms. The number of carbonyl (C=O) groups is 1. The van der Waals surface area contributed by atoms with Crippen LogP contribution < -0.4 is 10.6 Å². The van der Waals surface area contributed by atoms with Crippen LogP contribution in [0.1, 0.15) is 32.3 Å². The molecule has 18 heavy (non-hydrogen) atoms. The van der Waals surface area contributed by atoms with Gasteiger partial charge in [-0.15, -0.1) is 0 Å². The molecule has 0 heterocycles. The molecule has 2 N–H and O–H groups in total. The quantitative estimate of drug-likeness (QED) is 0.820. The van der Waals surface area contributed by atoms with Crippen LogP contribution in [0.5, 0.6) is 0 Å².